The van der Waals surface area contributed by atoms with Crippen molar-refractivity contribution in [2.24, 2.45) is 0 Å². The summed E-state index contributed by atoms with van der Waals surface area (Å²) in [5, 5.41) is 12.5. The molecule has 3 aromatic heterocycles. The molecule has 0 aliphatic carbocycles. The summed E-state index contributed by atoms with van der Waals surface area (Å²) in [5.74, 6) is -0.112. The molecule has 0 unspecified atom stereocenters. The molecular weight excluding hydrogens is 370 g/mol. The fraction of sp³-hybridized carbons (Fsp3) is 0.350. The number of aryl methyl sites for hydroxylation is 1. The Kier molecular flexibility index (Phi) is 4.87. The molecule has 0 aliphatic rings. The van der Waals surface area contributed by atoms with E-state index in [0.29, 0.717) is 5.65 Å². The number of hydrogen-bond acceptors (Lipinski definition) is 5. The van der Waals surface area contributed by atoms with Crippen LogP contribution in [0.5, 0.6) is 0 Å². The first kappa shape index (κ1) is 18.9. The summed E-state index contributed by atoms with van der Waals surface area (Å²) in [7, 11) is 0. The van der Waals surface area contributed by atoms with Crippen LogP contribution in [0.1, 0.15) is 31.9 Å². The molecule has 29 heavy (non-hydrogen) atoms. The van der Waals surface area contributed by atoms with Crippen LogP contribution in [0.25, 0.3) is 16.6 Å². The maximum absolute atomic E-state index is 13.0. The monoisotopic (exact) mass is 393 g/mol. The van der Waals surface area contributed by atoms with E-state index in [-0.39, 0.29) is 36.6 Å². The van der Waals surface area contributed by atoms with Gasteiger partial charge in [0.05, 0.1) is 18.1 Å². The number of amides is 1. The van der Waals surface area contributed by atoms with Crippen molar-refractivity contribution in [3.05, 3.63) is 59.0 Å². The van der Waals surface area contributed by atoms with Crippen molar-refractivity contribution in [1.29, 1.82) is 0 Å². The van der Waals surface area contributed by atoms with Gasteiger partial charge in [-0.2, -0.15) is 5.10 Å². The molecular formula is C20H23N7O2. The van der Waals surface area contributed by atoms with Crippen molar-refractivity contribution in [2.75, 3.05) is 0 Å². The van der Waals surface area contributed by atoms with Gasteiger partial charge in [-0.3, -0.25) is 4.79 Å². The van der Waals surface area contributed by atoms with E-state index in [1.165, 1.54) is 11.0 Å². The normalized spacial score (nSPS) is 13.6. The largest absolute Gasteiger partial charge is 0.352 e. The third-order valence-electron chi connectivity index (χ3n) is 4.96. The minimum Gasteiger partial charge on any atom is -0.352 e. The van der Waals surface area contributed by atoms with Crippen LogP contribution in [0, 0.1) is 6.92 Å². The molecule has 9 heteroatoms. The predicted molar refractivity (Wildman–Crippen MR) is 109 cm³/mol. The van der Waals surface area contributed by atoms with E-state index in [2.05, 4.69) is 20.5 Å². The summed E-state index contributed by atoms with van der Waals surface area (Å²) >= 11 is 0. The van der Waals surface area contributed by atoms with Gasteiger partial charge >= 0.3 is 5.69 Å². The van der Waals surface area contributed by atoms with Crippen molar-refractivity contribution in [1.82, 2.24) is 34.3 Å². The van der Waals surface area contributed by atoms with Gasteiger partial charge in [0, 0.05) is 12.5 Å². The maximum atomic E-state index is 13.0. The van der Waals surface area contributed by atoms with Crippen LogP contribution >= 0.6 is 0 Å². The lowest BCUT2D eigenvalue weighted by Gasteiger charge is -2.16. The van der Waals surface area contributed by atoms with Gasteiger partial charge in [-0.25, -0.2) is 23.5 Å². The molecule has 4 aromatic rings. The number of aromatic nitrogens is 6. The molecule has 4 rings (SSSR count). The minimum atomic E-state index is -0.250. The van der Waals surface area contributed by atoms with Crippen LogP contribution < -0.4 is 11.0 Å². The zero-order chi connectivity index (χ0) is 20.5. The summed E-state index contributed by atoms with van der Waals surface area (Å²) in [6, 6.07) is 9.41. The molecule has 0 saturated heterocycles. The van der Waals surface area contributed by atoms with Crippen LogP contribution in [0.15, 0.2) is 47.8 Å². The molecule has 0 fully saturated rings. The van der Waals surface area contributed by atoms with Gasteiger partial charge in [-0.15, -0.1) is 5.10 Å². The van der Waals surface area contributed by atoms with Crippen LogP contribution in [0.4, 0.5) is 0 Å². The maximum Gasteiger partial charge on any atom is 0.350 e. The molecule has 3 heterocycles. The Morgan fingerprint density at radius 3 is 2.79 bits per heavy atom. The van der Waals surface area contributed by atoms with Gasteiger partial charge in [-0.1, -0.05) is 18.2 Å². The standard InChI is InChI=1S/C20H23N7O2/c1-13-8-16-6-4-5-7-17(16)27-19(13)24-25(20(27)29)10-14(2)23-18(28)9-15(3)26-12-21-11-22-26/h4-8,11-12,14-15H,9-10H2,1-3H3,(H,23,28)/t14-,15+/m0/s1. The van der Waals surface area contributed by atoms with E-state index in [1.807, 2.05) is 51.1 Å². The zero-order valence-corrected chi connectivity index (χ0v) is 16.6. The lowest BCUT2D eigenvalue weighted by molar-refractivity contribution is -0.122. The average molecular weight is 393 g/mol. The molecule has 9 nitrogen and oxygen atoms in total. The van der Waals surface area contributed by atoms with E-state index < -0.39 is 0 Å². The number of carbonyl (C=O) groups is 1. The second-order valence-corrected chi connectivity index (χ2v) is 7.41. The molecule has 0 bridgehead atoms. The summed E-state index contributed by atoms with van der Waals surface area (Å²) in [5.41, 5.74) is 2.17. The first-order valence-electron chi connectivity index (χ1n) is 9.55. The topological polar surface area (TPSA) is 99.1 Å². The highest BCUT2D eigenvalue weighted by atomic mass is 16.2. The Hall–Kier alpha value is -3.49. The van der Waals surface area contributed by atoms with E-state index in [4.69, 9.17) is 0 Å². The summed E-state index contributed by atoms with van der Waals surface area (Å²) in [6.07, 6.45) is 3.31. The fourth-order valence-electron chi connectivity index (χ4n) is 3.56. The van der Waals surface area contributed by atoms with E-state index in [1.54, 1.807) is 15.4 Å². The lowest BCUT2D eigenvalue weighted by atomic mass is 10.1. The average Bonchev–Trinajstić information content (AvgIpc) is 3.31. The highest BCUT2D eigenvalue weighted by Gasteiger charge is 2.17. The predicted octanol–water partition coefficient (Wildman–Crippen LogP) is 1.71. The number of nitrogens with one attached hydrogen (secondary N) is 1. The van der Waals surface area contributed by atoms with Gasteiger partial charge in [0.25, 0.3) is 0 Å². The quantitative estimate of drug-likeness (QED) is 0.538. The smallest absolute Gasteiger partial charge is 0.350 e. The molecule has 1 amide bonds. The highest BCUT2D eigenvalue weighted by Crippen LogP contribution is 2.18. The van der Waals surface area contributed by atoms with Crippen molar-refractivity contribution in [2.45, 2.75) is 45.8 Å². The molecule has 1 aromatic carbocycles. The minimum absolute atomic E-state index is 0.100. The fourth-order valence-corrected chi connectivity index (χ4v) is 3.56. The molecule has 0 radical (unpaired) electrons. The number of carbonyl (C=O) groups excluding carboxylic acids is 1. The molecule has 1 N–H and O–H groups in total. The van der Waals surface area contributed by atoms with Crippen molar-refractivity contribution in [3.8, 4) is 0 Å². The number of para-hydroxylation sites is 1. The Morgan fingerprint density at radius 1 is 1.24 bits per heavy atom. The second kappa shape index (κ2) is 7.50. The number of benzene rings is 1. The van der Waals surface area contributed by atoms with Gasteiger partial charge in [0.15, 0.2) is 5.65 Å². The number of rotatable bonds is 6. The van der Waals surface area contributed by atoms with E-state index in [0.717, 1.165) is 16.5 Å². The SMILES string of the molecule is Cc1cc2ccccc2n2c(=O)n(C[C@H](C)NC(=O)C[C@@H](C)n3cncn3)nc12. The summed E-state index contributed by atoms with van der Waals surface area (Å²) in [4.78, 5) is 29.2. The zero-order valence-electron chi connectivity index (χ0n) is 16.6. The Morgan fingerprint density at radius 2 is 2.03 bits per heavy atom. The van der Waals surface area contributed by atoms with E-state index >= 15 is 0 Å². The van der Waals surface area contributed by atoms with Gasteiger partial charge in [0.1, 0.15) is 12.7 Å². The first-order chi connectivity index (χ1) is 13.9. The summed E-state index contributed by atoms with van der Waals surface area (Å²) < 4.78 is 4.69. The van der Waals surface area contributed by atoms with Crippen LogP contribution in [-0.2, 0) is 11.3 Å². The number of nitrogens with zero attached hydrogens (tertiary/aromatic N) is 6. The lowest BCUT2D eigenvalue weighted by Crippen LogP contribution is -2.39. The van der Waals surface area contributed by atoms with Gasteiger partial charge in [-0.05, 0) is 43.9 Å². The number of fused-ring (bicyclic) bond motifs is 3. The third-order valence-corrected chi connectivity index (χ3v) is 4.96. The van der Waals surface area contributed by atoms with Crippen molar-refractivity contribution < 1.29 is 4.79 Å². The van der Waals surface area contributed by atoms with Crippen LogP contribution in [0.2, 0.25) is 0 Å². The molecule has 150 valence electrons. The number of pyridine rings is 1. The van der Waals surface area contributed by atoms with Crippen LogP contribution in [0.3, 0.4) is 0 Å². The van der Waals surface area contributed by atoms with Gasteiger partial charge in [0.2, 0.25) is 5.91 Å². The Labute approximate surface area is 167 Å². The van der Waals surface area contributed by atoms with E-state index in [9.17, 15) is 9.59 Å². The molecule has 2 atom stereocenters. The van der Waals surface area contributed by atoms with Crippen molar-refractivity contribution >= 4 is 22.5 Å². The summed E-state index contributed by atoms with van der Waals surface area (Å²) in [6.45, 7) is 5.99. The van der Waals surface area contributed by atoms with Crippen LogP contribution in [-0.4, -0.2) is 40.9 Å². The Balaban J connectivity index is 1.52. The Bertz CT molecular complexity index is 1220. The first-order valence-corrected chi connectivity index (χ1v) is 9.55. The molecule has 0 aliphatic heterocycles. The number of hydrogen-bond donors (Lipinski definition) is 1. The third kappa shape index (κ3) is 3.63. The second-order valence-electron chi connectivity index (χ2n) is 7.41. The van der Waals surface area contributed by atoms with Crippen molar-refractivity contribution in [3.63, 3.8) is 0 Å². The molecule has 0 saturated carbocycles. The highest BCUT2D eigenvalue weighted by molar-refractivity contribution is 5.83. The molecule has 0 spiro atoms. The van der Waals surface area contributed by atoms with Gasteiger partial charge < -0.3 is 5.32 Å².